The van der Waals surface area contributed by atoms with Gasteiger partial charge in [-0.1, -0.05) is 18.2 Å². The summed E-state index contributed by atoms with van der Waals surface area (Å²) in [5, 5.41) is 9.14. The molecule has 0 bridgehead atoms. The monoisotopic (exact) mass is 233 g/mol. The Kier molecular flexibility index (Phi) is 3.79. The minimum Gasteiger partial charge on any atom is -0.478 e. The van der Waals surface area contributed by atoms with Crippen molar-refractivity contribution in [1.82, 2.24) is 4.90 Å². The second-order valence-electron chi connectivity index (χ2n) is 4.94. The highest BCUT2D eigenvalue weighted by atomic mass is 16.4. The average Bonchev–Trinajstić information content (AvgIpc) is 2.29. The van der Waals surface area contributed by atoms with Crippen LogP contribution in [-0.4, -0.2) is 36.1 Å². The Hall–Kier alpha value is -1.35. The molecule has 3 nitrogen and oxygen atoms in total. The molecule has 1 fully saturated rings. The summed E-state index contributed by atoms with van der Waals surface area (Å²) < 4.78 is 0. The van der Waals surface area contributed by atoms with E-state index in [2.05, 4.69) is 11.9 Å². The third-order valence-corrected chi connectivity index (χ3v) is 3.48. The van der Waals surface area contributed by atoms with Crippen molar-refractivity contribution >= 4 is 5.97 Å². The number of likely N-dealkylation sites (tertiary alicyclic amines) is 1. The third-order valence-electron chi connectivity index (χ3n) is 3.48. The lowest BCUT2D eigenvalue weighted by Gasteiger charge is -2.29. The topological polar surface area (TPSA) is 40.5 Å². The molecular formula is C14H19NO2. The number of benzene rings is 1. The van der Waals surface area contributed by atoms with Crippen LogP contribution in [-0.2, 0) is 6.42 Å². The summed E-state index contributed by atoms with van der Waals surface area (Å²) in [5.74, 6) is -0.223. The molecule has 1 aromatic carbocycles. The number of hydrogen-bond acceptors (Lipinski definition) is 2. The lowest BCUT2D eigenvalue weighted by molar-refractivity contribution is 0.0695. The van der Waals surface area contributed by atoms with Crippen LogP contribution >= 0.6 is 0 Å². The number of nitrogens with zero attached hydrogens (tertiary/aromatic N) is 1. The minimum atomic E-state index is -0.815. The summed E-state index contributed by atoms with van der Waals surface area (Å²) in [6.45, 7) is 2.24. The van der Waals surface area contributed by atoms with Gasteiger partial charge in [0, 0.05) is 6.54 Å². The quantitative estimate of drug-likeness (QED) is 0.870. The van der Waals surface area contributed by atoms with Gasteiger partial charge in [0.15, 0.2) is 0 Å². The van der Waals surface area contributed by atoms with Crippen LogP contribution in [0.4, 0.5) is 0 Å². The van der Waals surface area contributed by atoms with E-state index in [-0.39, 0.29) is 0 Å². The Balaban J connectivity index is 2.10. The molecule has 1 aromatic rings. The van der Waals surface area contributed by atoms with E-state index in [4.69, 9.17) is 5.11 Å². The zero-order chi connectivity index (χ0) is 12.3. The number of carbonyl (C=O) groups is 1. The van der Waals surface area contributed by atoms with Gasteiger partial charge in [-0.25, -0.2) is 4.79 Å². The van der Waals surface area contributed by atoms with E-state index in [1.54, 1.807) is 12.1 Å². The second-order valence-corrected chi connectivity index (χ2v) is 4.94. The Labute approximate surface area is 102 Å². The lowest BCUT2D eigenvalue weighted by Crippen LogP contribution is -2.33. The van der Waals surface area contributed by atoms with Crippen LogP contribution < -0.4 is 0 Å². The highest BCUT2D eigenvalue weighted by Gasteiger charge is 2.19. The number of hydrogen-bond donors (Lipinski definition) is 1. The molecule has 0 amide bonds. The van der Waals surface area contributed by atoms with Crippen LogP contribution in [0, 0.1) is 5.92 Å². The van der Waals surface area contributed by atoms with Crippen LogP contribution in [0.3, 0.4) is 0 Å². The van der Waals surface area contributed by atoms with Gasteiger partial charge in [0.05, 0.1) is 5.56 Å². The highest BCUT2D eigenvalue weighted by molar-refractivity contribution is 5.89. The molecule has 1 aliphatic heterocycles. The summed E-state index contributed by atoms with van der Waals surface area (Å²) in [6.07, 6.45) is 3.31. The molecule has 0 aliphatic carbocycles. The van der Waals surface area contributed by atoms with Crippen molar-refractivity contribution in [2.75, 3.05) is 20.1 Å². The highest BCUT2D eigenvalue weighted by Crippen LogP contribution is 2.21. The molecule has 92 valence electrons. The molecule has 1 atom stereocenters. The fourth-order valence-corrected chi connectivity index (χ4v) is 2.66. The molecule has 2 rings (SSSR count). The molecule has 1 saturated heterocycles. The summed E-state index contributed by atoms with van der Waals surface area (Å²) in [4.78, 5) is 13.4. The van der Waals surface area contributed by atoms with Crippen molar-refractivity contribution in [3.8, 4) is 0 Å². The largest absolute Gasteiger partial charge is 0.478 e. The van der Waals surface area contributed by atoms with E-state index in [0.29, 0.717) is 11.5 Å². The van der Waals surface area contributed by atoms with Crippen molar-refractivity contribution in [3.63, 3.8) is 0 Å². The van der Waals surface area contributed by atoms with Crippen LogP contribution in [0.15, 0.2) is 24.3 Å². The normalized spacial score (nSPS) is 21.4. The molecular weight excluding hydrogens is 214 g/mol. The zero-order valence-electron chi connectivity index (χ0n) is 10.2. The Morgan fingerprint density at radius 2 is 2.24 bits per heavy atom. The molecule has 1 aliphatic rings. The maximum atomic E-state index is 11.1. The molecule has 0 aromatic heterocycles. The average molecular weight is 233 g/mol. The fraction of sp³-hybridized carbons (Fsp3) is 0.500. The van der Waals surface area contributed by atoms with Gasteiger partial charge in [-0.05, 0) is 50.4 Å². The summed E-state index contributed by atoms with van der Waals surface area (Å²) in [6, 6.07) is 7.36. The fourth-order valence-electron chi connectivity index (χ4n) is 2.66. The van der Waals surface area contributed by atoms with Gasteiger partial charge < -0.3 is 10.0 Å². The lowest BCUT2D eigenvalue weighted by atomic mass is 9.89. The predicted octanol–water partition coefficient (Wildman–Crippen LogP) is 2.27. The molecule has 0 spiro atoms. The van der Waals surface area contributed by atoms with Crippen LogP contribution in [0.5, 0.6) is 0 Å². The number of carboxylic acids is 1. The van der Waals surface area contributed by atoms with E-state index in [1.807, 2.05) is 12.1 Å². The first kappa shape index (κ1) is 12.1. The zero-order valence-corrected chi connectivity index (χ0v) is 10.2. The Bertz CT molecular complexity index is 403. The molecule has 0 saturated carbocycles. The predicted molar refractivity (Wildman–Crippen MR) is 67.3 cm³/mol. The number of carboxylic acid groups (broad SMARTS) is 1. The summed E-state index contributed by atoms with van der Waals surface area (Å²) in [7, 11) is 2.13. The SMILES string of the molecule is CN1CCCC(Cc2ccccc2C(=O)O)C1. The third kappa shape index (κ3) is 3.07. The van der Waals surface area contributed by atoms with E-state index >= 15 is 0 Å². The van der Waals surface area contributed by atoms with Gasteiger partial charge in [0.2, 0.25) is 0 Å². The maximum absolute atomic E-state index is 11.1. The first-order valence-corrected chi connectivity index (χ1v) is 6.16. The van der Waals surface area contributed by atoms with Crippen LogP contribution in [0.1, 0.15) is 28.8 Å². The van der Waals surface area contributed by atoms with Gasteiger partial charge in [-0.15, -0.1) is 0 Å². The molecule has 1 N–H and O–H groups in total. The van der Waals surface area contributed by atoms with Crippen molar-refractivity contribution < 1.29 is 9.90 Å². The summed E-state index contributed by atoms with van der Waals surface area (Å²) in [5.41, 5.74) is 1.43. The Morgan fingerprint density at radius 1 is 1.47 bits per heavy atom. The maximum Gasteiger partial charge on any atom is 0.335 e. The smallest absolute Gasteiger partial charge is 0.335 e. The molecule has 0 radical (unpaired) electrons. The van der Waals surface area contributed by atoms with E-state index in [1.165, 1.54) is 12.8 Å². The van der Waals surface area contributed by atoms with Crippen LogP contribution in [0.25, 0.3) is 0 Å². The van der Waals surface area contributed by atoms with Crippen LogP contribution in [0.2, 0.25) is 0 Å². The molecule has 17 heavy (non-hydrogen) atoms. The summed E-state index contributed by atoms with van der Waals surface area (Å²) >= 11 is 0. The van der Waals surface area contributed by atoms with E-state index in [0.717, 1.165) is 25.1 Å². The molecule has 1 heterocycles. The van der Waals surface area contributed by atoms with Crippen molar-refractivity contribution in [2.24, 2.45) is 5.92 Å². The first-order valence-electron chi connectivity index (χ1n) is 6.16. The molecule has 3 heteroatoms. The van der Waals surface area contributed by atoms with Gasteiger partial charge in [-0.2, -0.15) is 0 Å². The van der Waals surface area contributed by atoms with Crippen molar-refractivity contribution in [3.05, 3.63) is 35.4 Å². The molecule has 1 unspecified atom stereocenters. The van der Waals surface area contributed by atoms with Crippen molar-refractivity contribution in [1.29, 1.82) is 0 Å². The minimum absolute atomic E-state index is 0.459. The van der Waals surface area contributed by atoms with Crippen molar-refractivity contribution in [2.45, 2.75) is 19.3 Å². The number of aromatic carboxylic acids is 1. The van der Waals surface area contributed by atoms with Gasteiger partial charge in [-0.3, -0.25) is 0 Å². The Morgan fingerprint density at radius 3 is 2.94 bits per heavy atom. The van der Waals surface area contributed by atoms with Gasteiger partial charge in [0.25, 0.3) is 0 Å². The van der Waals surface area contributed by atoms with E-state index < -0.39 is 5.97 Å². The van der Waals surface area contributed by atoms with Gasteiger partial charge >= 0.3 is 5.97 Å². The second kappa shape index (κ2) is 5.32. The van der Waals surface area contributed by atoms with Gasteiger partial charge in [0.1, 0.15) is 0 Å². The number of piperidine rings is 1. The van der Waals surface area contributed by atoms with E-state index in [9.17, 15) is 4.79 Å². The standard InChI is InChI=1S/C14H19NO2/c1-15-8-4-5-11(10-15)9-12-6-2-3-7-13(12)14(16)17/h2-3,6-7,11H,4-5,8-10H2,1H3,(H,16,17). The number of rotatable bonds is 3. The first-order chi connectivity index (χ1) is 8.16.